The Balaban J connectivity index is 1.68. The van der Waals surface area contributed by atoms with Gasteiger partial charge >= 0.3 is 0 Å². The quantitative estimate of drug-likeness (QED) is 0.759. The highest BCUT2D eigenvalue weighted by Gasteiger charge is 2.43. The Kier molecular flexibility index (Phi) is 3.12. The first kappa shape index (κ1) is 11.5. The zero-order chi connectivity index (χ0) is 11.7. The largest absolute Gasteiger partial charge is 0.375 e. The molecule has 96 valence electrons. The van der Waals surface area contributed by atoms with Crippen molar-refractivity contribution < 1.29 is 9.53 Å². The van der Waals surface area contributed by atoms with Crippen LogP contribution in [-0.4, -0.2) is 24.7 Å². The molecular weight excluding hydrogens is 214 g/mol. The summed E-state index contributed by atoms with van der Waals surface area (Å²) in [5.41, 5.74) is 0.153. The highest BCUT2D eigenvalue weighted by molar-refractivity contribution is 5.79. The molecule has 1 amide bonds. The molecule has 2 atom stereocenters. The highest BCUT2D eigenvalue weighted by Crippen LogP contribution is 2.44. The number of hydrogen-bond acceptors (Lipinski definition) is 2. The van der Waals surface area contributed by atoms with Gasteiger partial charge in [-0.15, -0.1) is 0 Å². The molecule has 0 bridgehead atoms. The van der Waals surface area contributed by atoms with Crippen LogP contribution < -0.4 is 5.32 Å². The van der Waals surface area contributed by atoms with Crippen LogP contribution in [-0.2, 0) is 9.53 Å². The van der Waals surface area contributed by atoms with Crippen molar-refractivity contribution in [1.82, 2.24) is 5.32 Å². The van der Waals surface area contributed by atoms with Crippen LogP contribution >= 0.6 is 0 Å². The molecule has 1 N–H and O–H groups in total. The van der Waals surface area contributed by atoms with Gasteiger partial charge in [-0.3, -0.25) is 4.79 Å². The molecule has 0 aromatic carbocycles. The monoisotopic (exact) mass is 237 g/mol. The maximum atomic E-state index is 11.9. The molecule has 0 aromatic heterocycles. The van der Waals surface area contributed by atoms with E-state index in [1.54, 1.807) is 0 Å². The van der Waals surface area contributed by atoms with Crippen LogP contribution in [0.15, 0.2) is 0 Å². The van der Waals surface area contributed by atoms with Gasteiger partial charge in [-0.2, -0.15) is 0 Å². The van der Waals surface area contributed by atoms with E-state index < -0.39 is 0 Å². The second-order valence-electron chi connectivity index (χ2n) is 6.03. The van der Waals surface area contributed by atoms with Crippen molar-refractivity contribution in [2.75, 3.05) is 13.2 Å². The molecule has 1 aliphatic carbocycles. The Bertz CT molecular complexity index is 297. The van der Waals surface area contributed by atoms with E-state index in [-0.39, 0.29) is 11.5 Å². The second-order valence-corrected chi connectivity index (χ2v) is 6.03. The van der Waals surface area contributed by atoms with Gasteiger partial charge in [-0.25, -0.2) is 0 Å². The van der Waals surface area contributed by atoms with Crippen molar-refractivity contribution in [1.29, 1.82) is 0 Å². The molecule has 0 aromatic rings. The summed E-state index contributed by atoms with van der Waals surface area (Å²) >= 11 is 0. The van der Waals surface area contributed by atoms with E-state index in [0.717, 1.165) is 38.8 Å². The zero-order valence-electron chi connectivity index (χ0n) is 10.5. The lowest BCUT2D eigenvalue weighted by molar-refractivity contribution is -0.136. The molecule has 2 heterocycles. The second kappa shape index (κ2) is 4.60. The van der Waals surface area contributed by atoms with Crippen molar-refractivity contribution in [3.05, 3.63) is 0 Å². The Labute approximate surface area is 103 Å². The fraction of sp³-hybridized carbons (Fsp3) is 0.929. The van der Waals surface area contributed by atoms with Gasteiger partial charge in [-0.05, 0) is 44.4 Å². The van der Waals surface area contributed by atoms with Gasteiger partial charge in [0.05, 0.1) is 5.60 Å². The van der Waals surface area contributed by atoms with Gasteiger partial charge in [0.15, 0.2) is 0 Å². The van der Waals surface area contributed by atoms with Gasteiger partial charge in [-0.1, -0.05) is 12.8 Å². The third-order valence-corrected chi connectivity index (χ3v) is 4.94. The zero-order valence-corrected chi connectivity index (χ0v) is 10.5. The highest BCUT2D eigenvalue weighted by atomic mass is 16.5. The SMILES string of the molecule is O=C1NCCCC1C1CCOC2(CCCC2)C1. The Morgan fingerprint density at radius 1 is 1.18 bits per heavy atom. The smallest absolute Gasteiger partial charge is 0.223 e. The summed E-state index contributed by atoms with van der Waals surface area (Å²) in [4.78, 5) is 11.9. The van der Waals surface area contributed by atoms with Crippen molar-refractivity contribution in [3.8, 4) is 0 Å². The number of hydrogen-bond donors (Lipinski definition) is 1. The van der Waals surface area contributed by atoms with Gasteiger partial charge in [0.25, 0.3) is 0 Å². The fourth-order valence-electron chi connectivity index (χ4n) is 4.02. The Morgan fingerprint density at radius 2 is 2.00 bits per heavy atom. The average molecular weight is 237 g/mol. The van der Waals surface area contributed by atoms with Crippen LogP contribution in [0.25, 0.3) is 0 Å². The summed E-state index contributed by atoms with van der Waals surface area (Å²) in [6.45, 7) is 1.75. The van der Waals surface area contributed by atoms with E-state index in [9.17, 15) is 4.79 Å². The Hall–Kier alpha value is -0.570. The van der Waals surface area contributed by atoms with E-state index in [1.807, 2.05) is 0 Å². The first-order valence-corrected chi connectivity index (χ1v) is 7.21. The normalized spacial score (nSPS) is 37.1. The molecule has 2 unspecified atom stereocenters. The van der Waals surface area contributed by atoms with Gasteiger partial charge in [0, 0.05) is 19.1 Å². The molecule has 3 nitrogen and oxygen atoms in total. The summed E-state index contributed by atoms with van der Waals surface area (Å²) in [6, 6.07) is 0. The number of rotatable bonds is 1. The van der Waals surface area contributed by atoms with Crippen LogP contribution in [0.3, 0.4) is 0 Å². The minimum atomic E-state index is 0.153. The van der Waals surface area contributed by atoms with Crippen LogP contribution in [0.1, 0.15) is 51.4 Å². The number of carbonyl (C=O) groups is 1. The topological polar surface area (TPSA) is 38.3 Å². The predicted octanol–water partition coefficient (Wildman–Crippen LogP) is 2.25. The first-order valence-electron chi connectivity index (χ1n) is 7.21. The summed E-state index contributed by atoms with van der Waals surface area (Å²) in [7, 11) is 0. The molecule has 2 saturated heterocycles. The van der Waals surface area contributed by atoms with E-state index in [0.29, 0.717) is 11.8 Å². The summed E-state index contributed by atoms with van der Waals surface area (Å²) in [6.07, 6.45) is 9.51. The third-order valence-electron chi connectivity index (χ3n) is 4.94. The summed E-state index contributed by atoms with van der Waals surface area (Å²) < 4.78 is 6.05. The maximum Gasteiger partial charge on any atom is 0.223 e. The van der Waals surface area contributed by atoms with Crippen LogP contribution in [0.5, 0.6) is 0 Å². The molecule has 2 aliphatic heterocycles. The van der Waals surface area contributed by atoms with Crippen LogP contribution in [0.4, 0.5) is 0 Å². The van der Waals surface area contributed by atoms with Crippen molar-refractivity contribution in [2.45, 2.75) is 57.0 Å². The van der Waals surface area contributed by atoms with Gasteiger partial charge in [0.2, 0.25) is 5.91 Å². The number of carbonyl (C=O) groups excluding carboxylic acids is 1. The molecule has 3 aliphatic rings. The van der Waals surface area contributed by atoms with Crippen molar-refractivity contribution in [2.24, 2.45) is 11.8 Å². The summed E-state index contributed by atoms with van der Waals surface area (Å²) in [5, 5.41) is 3.03. The number of ether oxygens (including phenoxy) is 1. The molecule has 3 fully saturated rings. The molecule has 0 radical (unpaired) electrons. The van der Waals surface area contributed by atoms with Crippen LogP contribution in [0, 0.1) is 11.8 Å². The average Bonchev–Trinajstić information content (AvgIpc) is 2.78. The van der Waals surface area contributed by atoms with Crippen LogP contribution in [0.2, 0.25) is 0 Å². The molecular formula is C14H23NO2. The first-order chi connectivity index (χ1) is 8.29. The van der Waals surface area contributed by atoms with Crippen molar-refractivity contribution >= 4 is 5.91 Å². The minimum absolute atomic E-state index is 0.153. The number of amides is 1. The molecule has 1 saturated carbocycles. The van der Waals surface area contributed by atoms with E-state index in [2.05, 4.69) is 5.32 Å². The fourth-order valence-corrected chi connectivity index (χ4v) is 4.02. The summed E-state index contributed by atoms with van der Waals surface area (Å²) in [5.74, 6) is 1.14. The molecule has 17 heavy (non-hydrogen) atoms. The number of nitrogens with one attached hydrogen (secondary N) is 1. The lowest BCUT2D eigenvalue weighted by Gasteiger charge is -2.41. The van der Waals surface area contributed by atoms with Gasteiger partial charge in [0.1, 0.15) is 0 Å². The number of piperidine rings is 1. The molecule has 3 rings (SSSR count). The standard InChI is InChI=1S/C14H23NO2/c16-13-12(4-3-8-15-13)11-5-9-17-14(10-11)6-1-2-7-14/h11-12H,1-10H2,(H,15,16). The lowest BCUT2D eigenvalue weighted by Crippen LogP contribution is -2.46. The van der Waals surface area contributed by atoms with E-state index >= 15 is 0 Å². The van der Waals surface area contributed by atoms with E-state index in [1.165, 1.54) is 25.7 Å². The lowest BCUT2D eigenvalue weighted by atomic mass is 9.75. The molecule has 1 spiro atoms. The maximum absolute atomic E-state index is 11.9. The molecule has 3 heteroatoms. The third kappa shape index (κ3) is 2.22. The minimum Gasteiger partial charge on any atom is -0.375 e. The Morgan fingerprint density at radius 3 is 2.76 bits per heavy atom. The predicted molar refractivity (Wildman–Crippen MR) is 65.6 cm³/mol. The van der Waals surface area contributed by atoms with Crippen molar-refractivity contribution in [3.63, 3.8) is 0 Å². The van der Waals surface area contributed by atoms with E-state index in [4.69, 9.17) is 4.74 Å². The van der Waals surface area contributed by atoms with Gasteiger partial charge < -0.3 is 10.1 Å².